The van der Waals surface area contributed by atoms with Crippen molar-refractivity contribution in [2.45, 2.75) is 87.5 Å². The third-order valence-corrected chi connectivity index (χ3v) is 7.95. The van der Waals surface area contributed by atoms with Crippen LogP contribution in [0.25, 0.3) is 0 Å². The molecule has 0 bridgehead atoms. The Labute approximate surface area is 184 Å². The van der Waals surface area contributed by atoms with Gasteiger partial charge in [0.1, 0.15) is 0 Å². The first-order valence-electron chi connectivity index (χ1n) is 11.2. The fraction of sp³-hybridized carbons (Fsp3) is 0.636. The van der Waals surface area contributed by atoms with Crippen LogP contribution in [0.4, 0.5) is 0 Å². The Morgan fingerprint density at radius 2 is 1.90 bits per heavy atom. The van der Waals surface area contributed by atoms with Gasteiger partial charge in [0.15, 0.2) is 0 Å². The van der Waals surface area contributed by atoms with Crippen molar-refractivity contribution < 1.29 is 18.3 Å². The van der Waals surface area contributed by atoms with Gasteiger partial charge in [0.25, 0.3) is 0 Å². The molecule has 1 aromatic carbocycles. The zero-order valence-corrected chi connectivity index (χ0v) is 18.8. The molecule has 2 aromatic rings. The van der Waals surface area contributed by atoms with E-state index < -0.39 is 22.2 Å². The number of sulfonamides is 1. The Balaban J connectivity index is 1.30. The quantitative estimate of drug-likeness (QED) is 0.643. The van der Waals surface area contributed by atoms with Gasteiger partial charge in [-0.15, -0.1) is 5.10 Å². The van der Waals surface area contributed by atoms with Crippen LogP contribution in [0.2, 0.25) is 0 Å². The van der Waals surface area contributed by atoms with Crippen LogP contribution in [0.1, 0.15) is 62.1 Å². The first-order chi connectivity index (χ1) is 14.9. The van der Waals surface area contributed by atoms with E-state index in [1.54, 1.807) is 24.3 Å². The highest BCUT2D eigenvalue weighted by atomic mass is 32.2. The maximum Gasteiger partial charge on any atom is 0.240 e. The lowest BCUT2D eigenvalue weighted by Gasteiger charge is -2.36. The monoisotopic (exact) mass is 448 g/mol. The smallest absolute Gasteiger partial charge is 0.240 e. The average Bonchev–Trinajstić information content (AvgIpc) is 3.45. The second-order valence-electron chi connectivity index (χ2n) is 8.77. The van der Waals surface area contributed by atoms with Crippen LogP contribution in [0.5, 0.6) is 0 Å². The van der Waals surface area contributed by atoms with Crippen molar-refractivity contribution >= 4 is 10.0 Å². The molecule has 0 unspecified atom stereocenters. The van der Waals surface area contributed by atoms with Crippen molar-refractivity contribution in [1.29, 1.82) is 0 Å². The first kappa shape index (κ1) is 22.4. The SMILES string of the molecule is Cc1ccc(S(=O)(=O)N[C@H]2CC[C@@H](CCn3cc(C4CCCC4)nn3)O[C@H]2CO)cc1. The molecule has 2 N–H and O–H groups in total. The number of hydrogen-bond donors (Lipinski definition) is 2. The molecular formula is C22H32N4O4S. The van der Waals surface area contributed by atoms with Gasteiger partial charge < -0.3 is 9.84 Å². The van der Waals surface area contributed by atoms with Crippen molar-refractivity contribution in [3.63, 3.8) is 0 Å². The van der Waals surface area contributed by atoms with E-state index in [1.165, 1.54) is 25.7 Å². The Morgan fingerprint density at radius 1 is 1.16 bits per heavy atom. The number of aryl methyl sites for hydroxylation is 2. The fourth-order valence-electron chi connectivity index (χ4n) is 4.57. The fourth-order valence-corrected chi connectivity index (χ4v) is 5.87. The molecule has 0 radical (unpaired) electrons. The lowest BCUT2D eigenvalue weighted by atomic mass is 9.98. The van der Waals surface area contributed by atoms with E-state index in [0.717, 1.165) is 24.1 Å². The maximum atomic E-state index is 12.7. The Bertz CT molecular complexity index is 954. The van der Waals surface area contributed by atoms with Crippen molar-refractivity contribution in [1.82, 2.24) is 19.7 Å². The van der Waals surface area contributed by atoms with Gasteiger partial charge in [-0.2, -0.15) is 0 Å². The van der Waals surface area contributed by atoms with Gasteiger partial charge in [-0.25, -0.2) is 13.1 Å². The summed E-state index contributed by atoms with van der Waals surface area (Å²) in [5.41, 5.74) is 2.08. The summed E-state index contributed by atoms with van der Waals surface area (Å²) < 4.78 is 36.1. The van der Waals surface area contributed by atoms with Gasteiger partial charge >= 0.3 is 0 Å². The number of benzene rings is 1. The number of rotatable bonds is 8. The summed E-state index contributed by atoms with van der Waals surface area (Å²) in [4.78, 5) is 0.223. The summed E-state index contributed by atoms with van der Waals surface area (Å²) in [5, 5.41) is 18.4. The summed E-state index contributed by atoms with van der Waals surface area (Å²) in [6, 6.07) is 6.28. The molecular weight excluding hydrogens is 416 g/mol. The summed E-state index contributed by atoms with van der Waals surface area (Å²) in [5.74, 6) is 0.542. The van der Waals surface area contributed by atoms with Crippen molar-refractivity contribution in [2.75, 3.05) is 6.61 Å². The van der Waals surface area contributed by atoms with E-state index >= 15 is 0 Å². The number of nitrogens with one attached hydrogen (secondary N) is 1. The molecule has 8 nitrogen and oxygen atoms in total. The van der Waals surface area contributed by atoms with Crippen molar-refractivity contribution in [3.8, 4) is 0 Å². The minimum atomic E-state index is -3.66. The average molecular weight is 449 g/mol. The number of hydrogen-bond acceptors (Lipinski definition) is 6. The number of aliphatic hydroxyl groups excluding tert-OH is 1. The van der Waals surface area contributed by atoms with Crippen LogP contribution in [0, 0.1) is 6.92 Å². The molecule has 2 fully saturated rings. The van der Waals surface area contributed by atoms with E-state index in [-0.39, 0.29) is 17.6 Å². The summed E-state index contributed by atoms with van der Waals surface area (Å²) >= 11 is 0. The van der Waals surface area contributed by atoms with E-state index in [1.807, 2.05) is 17.8 Å². The second kappa shape index (κ2) is 9.77. The summed E-state index contributed by atoms with van der Waals surface area (Å²) in [6.45, 7) is 2.38. The van der Waals surface area contributed by atoms with Gasteiger partial charge in [-0.1, -0.05) is 35.8 Å². The Kier molecular flexibility index (Phi) is 7.05. The molecule has 170 valence electrons. The molecule has 1 aromatic heterocycles. The van der Waals surface area contributed by atoms with Crippen LogP contribution >= 0.6 is 0 Å². The zero-order valence-electron chi connectivity index (χ0n) is 18.0. The Hall–Kier alpha value is -1.81. The van der Waals surface area contributed by atoms with Crippen molar-refractivity contribution in [2.24, 2.45) is 0 Å². The molecule has 4 rings (SSSR count). The number of ether oxygens (including phenoxy) is 1. The predicted molar refractivity (Wildman–Crippen MR) is 116 cm³/mol. The van der Waals surface area contributed by atoms with E-state index in [0.29, 0.717) is 18.9 Å². The number of aromatic nitrogens is 3. The lowest BCUT2D eigenvalue weighted by molar-refractivity contribution is -0.0891. The minimum absolute atomic E-state index is 0.0450. The maximum absolute atomic E-state index is 12.7. The highest BCUT2D eigenvalue weighted by Gasteiger charge is 2.34. The van der Waals surface area contributed by atoms with Gasteiger partial charge in [0.05, 0.1) is 35.4 Å². The largest absolute Gasteiger partial charge is 0.394 e. The molecule has 0 amide bonds. The van der Waals surface area contributed by atoms with Crippen LogP contribution in [-0.2, 0) is 21.3 Å². The molecule has 31 heavy (non-hydrogen) atoms. The van der Waals surface area contributed by atoms with Gasteiger partial charge in [0.2, 0.25) is 10.0 Å². The van der Waals surface area contributed by atoms with Gasteiger partial charge in [0, 0.05) is 18.7 Å². The highest BCUT2D eigenvalue weighted by molar-refractivity contribution is 7.89. The standard InChI is InChI=1S/C22H32N4O4S/c1-16-6-9-19(10-7-16)31(28,29)24-20-11-8-18(30-22(20)15-27)12-13-26-14-21(23-25-26)17-4-2-3-5-17/h6-7,9-10,14,17-18,20,22,24,27H,2-5,8,11-13,15H2,1H3/t18-,20-,22-/m0/s1. The molecule has 1 saturated carbocycles. The zero-order chi connectivity index (χ0) is 21.8. The van der Waals surface area contributed by atoms with E-state index in [2.05, 4.69) is 15.0 Å². The van der Waals surface area contributed by atoms with Crippen LogP contribution in [-0.4, -0.2) is 53.4 Å². The summed E-state index contributed by atoms with van der Waals surface area (Å²) in [7, 11) is -3.66. The molecule has 2 aliphatic rings. The molecule has 3 atom stereocenters. The predicted octanol–water partition coefficient (Wildman–Crippen LogP) is 2.52. The van der Waals surface area contributed by atoms with Crippen LogP contribution in [0.15, 0.2) is 35.4 Å². The first-order valence-corrected chi connectivity index (χ1v) is 12.7. The molecule has 9 heteroatoms. The van der Waals surface area contributed by atoms with Gasteiger partial charge in [-0.3, -0.25) is 4.68 Å². The number of nitrogens with zero attached hydrogens (tertiary/aromatic N) is 3. The summed E-state index contributed by atoms with van der Waals surface area (Å²) in [6.07, 6.45) is 8.45. The highest BCUT2D eigenvalue weighted by Crippen LogP contribution is 2.32. The Morgan fingerprint density at radius 3 is 2.61 bits per heavy atom. The molecule has 1 saturated heterocycles. The third kappa shape index (κ3) is 5.52. The minimum Gasteiger partial charge on any atom is -0.394 e. The molecule has 0 spiro atoms. The second-order valence-corrected chi connectivity index (χ2v) is 10.5. The molecule has 2 heterocycles. The van der Waals surface area contributed by atoms with E-state index in [9.17, 15) is 13.5 Å². The lowest BCUT2D eigenvalue weighted by Crippen LogP contribution is -2.50. The van der Waals surface area contributed by atoms with Crippen LogP contribution < -0.4 is 4.72 Å². The number of aliphatic hydroxyl groups is 1. The van der Waals surface area contributed by atoms with Crippen molar-refractivity contribution in [3.05, 3.63) is 41.7 Å². The third-order valence-electron chi connectivity index (χ3n) is 6.44. The molecule has 1 aliphatic heterocycles. The van der Waals surface area contributed by atoms with Crippen LogP contribution in [0.3, 0.4) is 0 Å². The molecule has 1 aliphatic carbocycles. The topological polar surface area (TPSA) is 106 Å². The normalized spacial score (nSPS) is 25.2. The van der Waals surface area contributed by atoms with E-state index in [4.69, 9.17) is 4.74 Å². The van der Waals surface area contributed by atoms with Gasteiger partial charge in [-0.05, 0) is 51.2 Å².